The summed E-state index contributed by atoms with van der Waals surface area (Å²) < 4.78 is 1.77. The van der Waals surface area contributed by atoms with E-state index in [0.29, 0.717) is 46.9 Å². The number of hydrogen-bond acceptors (Lipinski definition) is 5. The number of halogens is 1. The predicted molar refractivity (Wildman–Crippen MR) is 149 cm³/mol. The van der Waals surface area contributed by atoms with E-state index in [1.165, 1.54) is 17.7 Å². The van der Waals surface area contributed by atoms with Gasteiger partial charge >= 0.3 is 0 Å². The molecule has 0 atom stereocenters. The van der Waals surface area contributed by atoms with Gasteiger partial charge in [0.15, 0.2) is 5.69 Å². The highest BCUT2D eigenvalue weighted by molar-refractivity contribution is 9.10. The number of rotatable bonds is 5. The van der Waals surface area contributed by atoms with E-state index in [9.17, 15) is 10.0 Å². The molecule has 2 saturated heterocycles. The molecule has 3 heterocycles. The Morgan fingerprint density at radius 3 is 2.22 bits per heavy atom. The molecule has 2 aliphatic rings. The van der Waals surface area contributed by atoms with Crippen molar-refractivity contribution in [1.82, 2.24) is 14.8 Å². The van der Waals surface area contributed by atoms with Gasteiger partial charge in [0.1, 0.15) is 11.3 Å². The molecule has 0 unspecified atom stereocenters. The van der Waals surface area contributed by atoms with Gasteiger partial charge in [0.25, 0.3) is 12.2 Å². The first-order valence-corrected chi connectivity index (χ1v) is 13.9. The first kappa shape index (κ1) is 25.7. The molecular weight excluding hydrogens is 530 g/mol. The number of likely N-dealkylation sites (tertiary alicyclic amines) is 2. The fourth-order valence-electron chi connectivity index (χ4n) is 5.83. The molecule has 0 saturated carbocycles. The predicted octanol–water partition coefficient (Wildman–Crippen LogP) is 5.00. The number of anilines is 2. The molecular formula is C29H34BrN5O2. The van der Waals surface area contributed by atoms with Crippen LogP contribution in [0.15, 0.2) is 65.4 Å². The molecule has 2 aromatic carbocycles. The van der Waals surface area contributed by atoms with Crippen LogP contribution in [0.3, 0.4) is 0 Å². The number of hydrogen-bond donors (Lipinski definition) is 0. The Bertz CT molecular complexity index is 1220. The number of para-hydroxylation sites is 1. The van der Waals surface area contributed by atoms with Gasteiger partial charge in [-0.3, -0.25) is 4.79 Å². The summed E-state index contributed by atoms with van der Waals surface area (Å²) >= 11 is 3.57. The van der Waals surface area contributed by atoms with Crippen LogP contribution in [0.2, 0.25) is 0 Å². The number of carbonyl (C=O) groups is 1. The summed E-state index contributed by atoms with van der Waals surface area (Å²) in [7, 11) is 0. The largest absolute Gasteiger partial charge is 0.711 e. The van der Waals surface area contributed by atoms with Gasteiger partial charge < -0.3 is 19.9 Å². The number of benzene rings is 2. The van der Waals surface area contributed by atoms with Crippen LogP contribution in [0.1, 0.15) is 47.4 Å². The van der Waals surface area contributed by atoms with Gasteiger partial charge in [-0.1, -0.05) is 39.1 Å². The molecule has 2 fully saturated rings. The lowest BCUT2D eigenvalue weighted by molar-refractivity contribution is -0.615. The zero-order valence-corrected chi connectivity index (χ0v) is 23.1. The van der Waals surface area contributed by atoms with Crippen molar-refractivity contribution < 1.29 is 9.52 Å². The van der Waals surface area contributed by atoms with Gasteiger partial charge in [-0.25, -0.2) is 4.73 Å². The summed E-state index contributed by atoms with van der Waals surface area (Å²) in [6.07, 6.45) is 5.35. The van der Waals surface area contributed by atoms with Crippen LogP contribution >= 0.6 is 15.9 Å². The second-order valence-corrected chi connectivity index (χ2v) is 11.0. The molecule has 0 aliphatic carbocycles. The van der Waals surface area contributed by atoms with Crippen molar-refractivity contribution in [3.8, 4) is 0 Å². The topological polar surface area (TPSA) is 66.6 Å². The standard InChI is InChI=1S/C29H34BrN5O2/c1-21-28(22(2)34(37)20-31-21)29(36)33-18-12-24(13-19-33)32-16-14-27(15-17-32)35(25-6-4-3-5-7-25)26-10-8-23(30)9-11-26/h3-11,20,24,27H,12-19H2,1-2H3. The molecule has 37 heavy (non-hydrogen) atoms. The number of amides is 1. The van der Waals surface area contributed by atoms with E-state index in [2.05, 4.69) is 85.3 Å². The highest BCUT2D eigenvalue weighted by atomic mass is 79.9. The van der Waals surface area contributed by atoms with Crippen LogP contribution < -0.4 is 9.63 Å². The SMILES string of the molecule is Cc1nc[n+]([O-])c(C)c1C(=O)N1CCC(N2CCC(N(c3ccccc3)c3ccc(Br)cc3)CC2)CC1. The van der Waals surface area contributed by atoms with E-state index in [0.717, 1.165) is 43.2 Å². The third-order valence-electron chi connectivity index (χ3n) is 7.90. The van der Waals surface area contributed by atoms with Crippen LogP contribution in [-0.4, -0.2) is 59.0 Å². The summed E-state index contributed by atoms with van der Waals surface area (Å²) in [5, 5.41) is 12.0. The van der Waals surface area contributed by atoms with Crippen molar-refractivity contribution in [2.24, 2.45) is 0 Å². The first-order chi connectivity index (χ1) is 17.9. The molecule has 194 valence electrons. The van der Waals surface area contributed by atoms with Crippen molar-refractivity contribution in [3.05, 3.63) is 87.6 Å². The normalized spacial score (nSPS) is 17.6. The Kier molecular flexibility index (Phi) is 7.76. The average molecular weight is 565 g/mol. The Morgan fingerprint density at radius 2 is 1.57 bits per heavy atom. The van der Waals surface area contributed by atoms with Crippen LogP contribution in [0.4, 0.5) is 11.4 Å². The third-order valence-corrected chi connectivity index (χ3v) is 8.42. The number of aromatic nitrogens is 2. The molecule has 5 rings (SSSR count). The summed E-state index contributed by atoms with van der Waals surface area (Å²) in [6, 6.07) is 20.2. The molecule has 3 aromatic rings. The molecule has 0 N–H and O–H groups in total. The summed E-state index contributed by atoms with van der Waals surface area (Å²) in [6.45, 7) is 7.03. The Morgan fingerprint density at radius 1 is 0.946 bits per heavy atom. The second-order valence-electron chi connectivity index (χ2n) is 10.1. The Balaban J connectivity index is 1.21. The number of aryl methyl sites for hydroxylation is 1. The number of piperidine rings is 2. The van der Waals surface area contributed by atoms with Gasteiger partial charge in [0.05, 0.1) is 0 Å². The minimum absolute atomic E-state index is 0.0714. The lowest BCUT2D eigenvalue weighted by Gasteiger charge is -2.44. The Hall–Kier alpha value is -2.97. The average Bonchev–Trinajstić information content (AvgIpc) is 2.93. The maximum Gasteiger partial charge on any atom is 0.289 e. The third kappa shape index (κ3) is 5.50. The van der Waals surface area contributed by atoms with E-state index >= 15 is 0 Å². The van der Waals surface area contributed by atoms with Crippen molar-refractivity contribution in [1.29, 1.82) is 0 Å². The maximum absolute atomic E-state index is 13.2. The molecule has 0 bridgehead atoms. The van der Waals surface area contributed by atoms with Crippen molar-refractivity contribution in [2.45, 2.75) is 51.6 Å². The van der Waals surface area contributed by atoms with Crippen LogP contribution in [-0.2, 0) is 0 Å². The minimum Gasteiger partial charge on any atom is -0.711 e. The lowest BCUT2D eigenvalue weighted by Crippen LogP contribution is -2.51. The molecule has 0 radical (unpaired) electrons. The van der Waals surface area contributed by atoms with Gasteiger partial charge in [-0.2, -0.15) is 0 Å². The Labute approximate surface area is 227 Å². The van der Waals surface area contributed by atoms with Crippen LogP contribution in [0, 0.1) is 19.1 Å². The van der Waals surface area contributed by atoms with Crippen molar-refractivity contribution in [2.75, 3.05) is 31.1 Å². The monoisotopic (exact) mass is 563 g/mol. The van der Waals surface area contributed by atoms with Crippen molar-refractivity contribution in [3.63, 3.8) is 0 Å². The fourth-order valence-corrected chi connectivity index (χ4v) is 6.10. The van der Waals surface area contributed by atoms with Gasteiger partial charge in [0, 0.05) is 61.0 Å². The highest BCUT2D eigenvalue weighted by Gasteiger charge is 2.33. The minimum atomic E-state index is -0.0714. The molecule has 7 nitrogen and oxygen atoms in total. The van der Waals surface area contributed by atoms with E-state index in [4.69, 9.17) is 0 Å². The van der Waals surface area contributed by atoms with Crippen LogP contribution in [0.25, 0.3) is 0 Å². The molecule has 1 amide bonds. The fraction of sp³-hybridized carbons (Fsp3) is 0.414. The number of nitrogens with zero attached hydrogens (tertiary/aromatic N) is 5. The number of carbonyl (C=O) groups excluding carboxylic acids is 1. The smallest absolute Gasteiger partial charge is 0.289 e. The van der Waals surface area contributed by atoms with Gasteiger partial charge in [-0.15, -0.1) is 0 Å². The first-order valence-electron chi connectivity index (χ1n) is 13.1. The van der Waals surface area contributed by atoms with E-state index < -0.39 is 0 Å². The molecule has 1 aromatic heterocycles. The van der Waals surface area contributed by atoms with E-state index in [-0.39, 0.29) is 5.91 Å². The molecule has 8 heteroatoms. The van der Waals surface area contributed by atoms with E-state index in [1.807, 2.05) is 4.90 Å². The zero-order valence-electron chi connectivity index (χ0n) is 21.5. The van der Waals surface area contributed by atoms with E-state index in [1.54, 1.807) is 13.8 Å². The maximum atomic E-state index is 13.2. The molecule has 2 aliphatic heterocycles. The highest BCUT2D eigenvalue weighted by Crippen LogP contribution is 2.34. The van der Waals surface area contributed by atoms with Crippen LogP contribution in [0.5, 0.6) is 0 Å². The summed E-state index contributed by atoms with van der Waals surface area (Å²) in [5.74, 6) is -0.0714. The summed E-state index contributed by atoms with van der Waals surface area (Å²) in [5.41, 5.74) is 3.95. The summed E-state index contributed by atoms with van der Waals surface area (Å²) in [4.78, 5) is 24.3. The molecule has 0 spiro atoms. The zero-order chi connectivity index (χ0) is 25.9. The second kappa shape index (κ2) is 11.2. The van der Waals surface area contributed by atoms with Gasteiger partial charge in [-0.05, 0) is 69.0 Å². The lowest BCUT2D eigenvalue weighted by atomic mass is 9.96. The van der Waals surface area contributed by atoms with Crippen molar-refractivity contribution >= 4 is 33.2 Å². The van der Waals surface area contributed by atoms with Gasteiger partial charge in [0.2, 0.25) is 0 Å². The quantitative estimate of drug-likeness (QED) is 0.322.